The Hall–Kier alpha value is -2.16. The van der Waals surface area contributed by atoms with E-state index in [-0.39, 0.29) is 29.6 Å². The fraction of sp³-hybridized carbons (Fsp3) is 0.389. The number of carbonyl (C=O) groups excluding carboxylic acids is 1. The van der Waals surface area contributed by atoms with Gasteiger partial charge in [-0.15, -0.1) is 0 Å². The van der Waals surface area contributed by atoms with Crippen LogP contribution < -0.4 is 5.32 Å². The van der Waals surface area contributed by atoms with Gasteiger partial charge in [0.05, 0.1) is 29.9 Å². The molecule has 140 valence electrons. The summed E-state index contributed by atoms with van der Waals surface area (Å²) in [7, 11) is -3.61. The summed E-state index contributed by atoms with van der Waals surface area (Å²) in [6, 6.07) is 9.45. The molecule has 0 aliphatic carbocycles. The van der Waals surface area contributed by atoms with Crippen LogP contribution in [0.4, 0.5) is 0 Å². The Morgan fingerprint density at radius 3 is 2.38 bits per heavy atom. The predicted octanol–water partition coefficient (Wildman–Crippen LogP) is 2.01. The van der Waals surface area contributed by atoms with Crippen molar-refractivity contribution in [3.05, 3.63) is 54.0 Å². The number of rotatable bonds is 5. The lowest BCUT2D eigenvalue weighted by atomic mass is 10.2. The van der Waals surface area contributed by atoms with Gasteiger partial charge in [0, 0.05) is 18.7 Å². The Labute approximate surface area is 153 Å². The summed E-state index contributed by atoms with van der Waals surface area (Å²) in [6.07, 6.45) is 1.23. The van der Waals surface area contributed by atoms with Gasteiger partial charge >= 0.3 is 0 Å². The molecule has 0 unspecified atom stereocenters. The van der Waals surface area contributed by atoms with Crippen LogP contribution in [0.1, 0.15) is 30.0 Å². The number of hydrogen-bond acceptors (Lipinski definition) is 5. The summed E-state index contributed by atoms with van der Waals surface area (Å²) < 4.78 is 37.8. The maximum atomic E-state index is 12.8. The number of ether oxygens (including phenoxy) is 1. The Morgan fingerprint density at radius 1 is 1.15 bits per heavy atom. The maximum Gasteiger partial charge on any atom is 0.251 e. The molecular weight excluding hydrogens is 356 g/mol. The first-order chi connectivity index (χ1) is 12.4. The zero-order valence-electron chi connectivity index (χ0n) is 14.7. The molecule has 2 heterocycles. The van der Waals surface area contributed by atoms with E-state index in [1.807, 2.05) is 13.8 Å². The Morgan fingerprint density at radius 2 is 1.81 bits per heavy atom. The highest BCUT2D eigenvalue weighted by molar-refractivity contribution is 7.89. The summed E-state index contributed by atoms with van der Waals surface area (Å²) >= 11 is 0. The van der Waals surface area contributed by atoms with Crippen LogP contribution in [0.15, 0.2) is 52.0 Å². The van der Waals surface area contributed by atoms with E-state index in [1.165, 1.54) is 34.8 Å². The van der Waals surface area contributed by atoms with Crippen molar-refractivity contribution in [2.24, 2.45) is 0 Å². The average Bonchev–Trinajstić information content (AvgIpc) is 3.12. The zero-order valence-corrected chi connectivity index (χ0v) is 15.5. The van der Waals surface area contributed by atoms with Crippen LogP contribution in [-0.2, 0) is 21.3 Å². The lowest BCUT2D eigenvalue weighted by molar-refractivity contribution is -0.0440. The van der Waals surface area contributed by atoms with E-state index in [9.17, 15) is 13.2 Å². The molecule has 0 bridgehead atoms. The van der Waals surface area contributed by atoms with E-state index in [2.05, 4.69) is 5.32 Å². The van der Waals surface area contributed by atoms with Gasteiger partial charge < -0.3 is 14.5 Å². The van der Waals surface area contributed by atoms with Gasteiger partial charge in [-0.05, 0) is 50.2 Å². The smallest absolute Gasteiger partial charge is 0.251 e. The third-order valence-corrected chi connectivity index (χ3v) is 5.99. The third-order valence-electron chi connectivity index (χ3n) is 4.14. The maximum absolute atomic E-state index is 12.8. The van der Waals surface area contributed by atoms with Crippen molar-refractivity contribution >= 4 is 15.9 Å². The molecule has 3 rings (SSSR count). The van der Waals surface area contributed by atoms with Crippen LogP contribution in [0.5, 0.6) is 0 Å². The molecule has 2 aromatic rings. The molecule has 1 aromatic carbocycles. The van der Waals surface area contributed by atoms with Gasteiger partial charge in [-0.1, -0.05) is 0 Å². The van der Waals surface area contributed by atoms with Gasteiger partial charge in [-0.2, -0.15) is 4.31 Å². The van der Waals surface area contributed by atoms with E-state index in [0.717, 1.165) is 0 Å². The van der Waals surface area contributed by atoms with Crippen molar-refractivity contribution in [3.8, 4) is 0 Å². The highest BCUT2D eigenvalue weighted by atomic mass is 32.2. The molecule has 0 saturated carbocycles. The van der Waals surface area contributed by atoms with Gasteiger partial charge in [-0.25, -0.2) is 8.42 Å². The van der Waals surface area contributed by atoms with E-state index in [0.29, 0.717) is 24.4 Å². The molecule has 1 saturated heterocycles. The topological polar surface area (TPSA) is 88.9 Å². The number of furan rings is 1. The first-order valence-electron chi connectivity index (χ1n) is 8.42. The van der Waals surface area contributed by atoms with Crippen molar-refractivity contribution < 1.29 is 22.4 Å². The minimum Gasteiger partial charge on any atom is -0.467 e. The van der Waals surface area contributed by atoms with E-state index in [1.54, 1.807) is 12.1 Å². The van der Waals surface area contributed by atoms with Crippen molar-refractivity contribution in [1.82, 2.24) is 9.62 Å². The molecule has 0 radical (unpaired) electrons. The van der Waals surface area contributed by atoms with Crippen molar-refractivity contribution in [2.75, 3.05) is 13.1 Å². The summed E-state index contributed by atoms with van der Waals surface area (Å²) in [6.45, 7) is 4.61. The van der Waals surface area contributed by atoms with E-state index in [4.69, 9.17) is 9.15 Å². The summed E-state index contributed by atoms with van der Waals surface area (Å²) in [5.74, 6) is 0.354. The first kappa shape index (κ1) is 18.6. The second-order valence-electron chi connectivity index (χ2n) is 6.37. The minimum atomic E-state index is -3.61. The number of nitrogens with one attached hydrogen (secondary N) is 1. The predicted molar refractivity (Wildman–Crippen MR) is 95.1 cm³/mol. The van der Waals surface area contributed by atoms with Gasteiger partial charge in [0.25, 0.3) is 5.91 Å². The Balaban J connectivity index is 1.69. The van der Waals surface area contributed by atoms with Gasteiger partial charge in [0.2, 0.25) is 10.0 Å². The lowest BCUT2D eigenvalue weighted by Gasteiger charge is -2.34. The average molecular weight is 378 g/mol. The summed E-state index contributed by atoms with van der Waals surface area (Å²) in [5.41, 5.74) is 0.388. The Kier molecular flexibility index (Phi) is 5.45. The van der Waals surface area contributed by atoms with Gasteiger partial charge in [-0.3, -0.25) is 4.79 Å². The standard InChI is InChI=1S/C18H22N2O5S/c1-13-11-20(12-14(2)25-13)26(22,23)17-7-5-15(6-8-17)18(21)19-10-16-4-3-9-24-16/h3-9,13-14H,10-12H2,1-2H3,(H,19,21)/t13-,14-/m0/s1. The van der Waals surface area contributed by atoms with Crippen molar-refractivity contribution in [2.45, 2.75) is 37.5 Å². The number of benzene rings is 1. The molecule has 7 nitrogen and oxygen atoms in total. The van der Waals surface area contributed by atoms with Crippen molar-refractivity contribution in [3.63, 3.8) is 0 Å². The molecule has 1 aliphatic heterocycles. The molecular formula is C18H22N2O5S. The normalized spacial score (nSPS) is 21.5. The zero-order chi connectivity index (χ0) is 18.7. The largest absolute Gasteiger partial charge is 0.467 e. The number of hydrogen-bond donors (Lipinski definition) is 1. The fourth-order valence-electron chi connectivity index (χ4n) is 2.94. The molecule has 0 spiro atoms. The van der Waals surface area contributed by atoms with Gasteiger partial charge in [0.15, 0.2) is 0 Å². The number of morpholine rings is 1. The van der Waals surface area contributed by atoms with Crippen LogP contribution >= 0.6 is 0 Å². The summed E-state index contributed by atoms with van der Waals surface area (Å²) in [4.78, 5) is 12.3. The van der Waals surface area contributed by atoms with E-state index >= 15 is 0 Å². The quantitative estimate of drug-likeness (QED) is 0.860. The number of amides is 1. The fourth-order valence-corrected chi connectivity index (χ4v) is 4.53. The van der Waals surface area contributed by atoms with Crippen molar-refractivity contribution in [1.29, 1.82) is 0 Å². The lowest BCUT2D eigenvalue weighted by Crippen LogP contribution is -2.48. The molecule has 26 heavy (non-hydrogen) atoms. The minimum absolute atomic E-state index is 0.153. The van der Waals surface area contributed by atoms with Crippen LogP contribution in [0.3, 0.4) is 0 Å². The van der Waals surface area contributed by atoms with Crippen LogP contribution in [0.25, 0.3) is 0 Å². The van der Waals surface area contributed by atoms with Crippen LogP contribution in [-0.4, -0.2) is 43.9 Å². The SMILES string of the molecule is C[C@H]1CN(S(=O)(=O)c2ccc(C(=O)NCc3ccco3)cc2)C[C@H](C)O1. The van der Waals surface area contributed by atoms with Crippen LogP contribution in [0, 0.1) is 0 Å². The van der Waals surface area contributed by atoms with Crippen LogP contribution in [0.2, 0.25) is 0 Å². The molecule has 2 atom stereocenters. The number of sulfonamides is 1. The van der Waals surface area contributed by atoms with E-state index < -0.39 is 10.0 Å². The number of carbonyl (C=O) groups is 1. The summed E-state index contributed by atoms with van der Waals surface area (Å²) in [5, 5.41) is 2.73. The third kappa shape index (κ3) is 4.14. The van der Waals surface area contributed by atoms with Gasteiger partial charge in [0.1, 0.15) is 5.76 Å². The highest BCUT2D eigenvalue weighted by Crippen LogP contribution is 2.21. The molecule has 8 heteroatoms. The molecule has 1 N–H and O–H groups in total. The highest BCUT2D eigenvalue weighted by Gasteiger charge is 2.32. The molecule has 1 amide bonds. The second kappa shape index (κ2) is 7.61. The molecule has 1 aliphatic rings. The number of nitrogens with zero attached hydrogens (tertiary/aromatic N) is 1. The Bertz CT molecular complexity index is 836. The monoisotopic (exact) mass is 378 g/mol. The first-order valence-corrected chi connectivity index (χ1v) is 9.86. The second-order valence-corrected chi connectivity index (χ2v) is 8.30. The molecule has 1 fully saturated rings. The molecule has 1 aromatic heterocycles.